The number of hydrogen-bond donors (Lipinski definition) is 3. The van der Waals surface area contributed by atoms with Gasteiger partial charge in [-0.1, -0.05) is 12.1 Å². The Bertz CT molecular complexity index is 787. The Kier molecular flexibility index (Phi) is 4.33. The molecule has 0 atom stereocenters. The molecular weight excluding hydrogens is 308 g/mol. The summed E-state index contributed by atoms with van der Waals surface area (Å²) >= 11 is 0. The Labute approximate surface area is 139 Å². The van der Waals surface area contributed by atoms with E-state index in [1.165, 1.54) is 6.07 Å². The number of anilines is 2. The zero-order valence-corrected chi connectivity index (χ0v) is 13.3. The van der Waals surface area contributed by atoms with Crippen molar-refractivity contribution in [2.75, 3.05) is 24.2 Å². The Hall–Kier alpha value is -3.09. The lowest BCUT2D eigenvalue weighted by Crippen LogP contribution is -2.17. The van der Waals surface area contributed by atoms with E-state index < -0.39 is 0 Å². The van der Waals surface area contributed by atoms with Gasteiger partial charge >= 0.3 is 0 Å². The highest BCUT2D eigenvalue weighted by molar-refractivity contribution is 5.93. The van der Waals surface area contributed by atoms with Gasteiger partial charge in [0, 0.05) is 43.0 Å². The highest BCUT2D eigenvalue weighted by Crippen LogP contribution is 2.37. The Morgan fingerprint density at radius 3 is 2.67 bits per heavy atom. The van der Waals surface area contributed by atoms with Gasteiger partial charge in [0.1, 0.15) is 5.69 Å². The zero-order valence-electron chi connectivity index (χ0n) is 13.3. The minimum Gasteiger partial charge on any atom is -0.384 e. The van der Waals surface area contributed by atoms with Crippen molar-refractivity contribution in [2.45, 2.75) is 13.0 Å². The quantitative estimate of drug-likeness (QED) is 0.579. The number of rotatable bonds is 5. The lowest BCUT2D eigenvalue weighted by molar-refractivity contribution is -0.384. The van der Waals surface area contributed by atoms with Crippen LogP contribution in [0.2, 0.25) is 0 Å². The number of nitrogens with zero attached hydrogens (tertiary/aromatic N) is 1. The predicted octanol–water partition coefficient (Wildman–Crippen LogP) is 2.53. The molecule has 1 aliphatic heterocycles. The summed E-state index contributed by atoms with van der Waals surface area (Å²) in [5.74, 6) is -0.142. The van der Waals surface area contributed by atoms with Crippen molar-refractivity contribution in [2.24, 2.45) is 0 Å². The molecule has 0 saturated carbocycles. The number of nitrogens with one attached hydrogen (secondary N) is 3. The zero-order chi connectivity index (χ0) is 17.1. The van der Waals surface area contributed by atoms with Crippen LogP contribution in [0, 0.1) is 10.1 Å². The largest absolute Gasteiger partial charge is 0.384 e. The SMILES string of the molecule is CNC(=O)c1ccc(CNc2c([N+](=O)[O-])ccc3c2CCN3)cc1. The summed E-state index contributed by atoms with van der Waals surface area (Å²) in [5.41, 5.74) is 4.07. The van der Waals surface area contributed by atoms with E-state index in [0.717, 1.165) is 29.8 Å². The van der Waals surface area contributed by atoms with Crippen LogP contribution in [0.5, 0.6) is 0 Å². The van der Waals surface area contributed by atoms with Crippen molar-refractivity contribution >= 4 is 23.0 Å². The van der Waals surface area contributed by atoms with Crippen molar-refractivity contribution in [1.82, 2.24) is 5.32 Å². The molecule has 7 heteroatoms. The van der Waals surface area contributed by atoms with E-state index >= 15 is 0 Å². The van der Waals surface area contributed by atoms with Crippen LogP contribution in [0.25, 0.3) is 0 Å². The molecule has 0 spiro atoms. The summed E-state index contributed by atoms with van der Waals surface area (Å²) in [6.07, 6.45) is 0.759. The highest BCUT2D eigenvalue weighted by atomic mass is 16.6. The maximum absolute atomic E-state index is 11.5. The van der Waals surface area contributed by atoms with Gasteiger partial charge in [-0.3, -0.25) is 14.9 Å². The normalized spacial score (nSPS) is 12.2. The summed E-state index contributed by atoms with van der Waals surface area (Å²) in [7, 11) is 1.58. The molecule has 0 saturated heterocycles. The highest BCUT2D eigenvalue weighted by Gasteiger charge is 2.23. The van der Waals surface area contributed by atoms with E-state index in [4.69, 9.17) is 0 Å². The molecule has 0 bridgehead atoms. The van der Waals surface area contributed by atoms with Gasteiger partial charge in [-0.25, -0.2) is 0 Å². The van der Waals surface area contributed by atoms with Gasteiger partial charge in [-0.2, -0.15) is 0 Å². The summed E-state index contributed by atoms with van der Waals surface area (Å²) in [5, 5.41) is 20.3. The number of nitro groups is 1. The summed E-state index contributed by atoms with van der Waals surface area (Å²) < 4.78 is 0. The minimum atomic E-state index is -0.365. The number of carbonyl (C=O) groups excluding carboxylic acids is 1. The first-order valence-electron chi connectivity index (χ1n) is 7.69. The van der Waals surface area contributed by atoms with Crippen molar-refractivity contribution in [3.63, 3.8) is 0 Å². The molecule has 0 unspecified atom stereocenters. The predicted molar refractivity (Wildman–Crippen MR) is 92.4 cm³/mol. The Morgan fingerprint density at radius 1 is 1.25 bits per heavy atom. The number of fused-ring (bicyclic) bond motifs is 1. The van der Waals surface area contributed by atoms with Crippen LogP contribution in [-0.4, -0.2) is 24.4 Å². The summed E-state index contributed by atoms with van der Waals surface area (Å²) in [6, 6.07) is 10.4. The maximum Gasteiger partial charge on any atom is 0.292 e. The lowest BCUT2D eigenvalue weighted by atomic mass is 10.1. The number of carbonyl (C=O) groups is 1. The molecule has 3 rings (SSSR count). The first-order valence-corrected chi connectivity index (χ1v) is 7.69. The van der Waals surface area contributed by atoms with Gasteiger partial charge in [-0.15, -0.1) is 0 Å². The van der Waals surface area contributed by atoms with Gasteiger partial charge in [0.05, 0.1) is 4.92 Å². The van der Waals surface area contributed by atoms with Gasteiger partial charge in [0.15, 0.2) is 0 Å². The van der Waals surface area contributed by atoms with E-state index in [1.807, 2.05) is 12.1 Å². The monoisotopic (exact) mass is 326 g/mol. The number of amides is 1. The van der Waals surface area contributed by atoms with Crippen LogP contribution in [-0.2, 0) is 13.0 Å². The molecule has 2 aromatic carbocycles. The number of hydrogen-bond acceptors (Lipinski definition) is 5. The third-order valence-corrected chi connectivity index (χ3v) is 4.09. The molecule has 1 amide bonds. The molecular formula is C17H18N4O3. The van der Waals surface area contributed by atoms with E-state index in [1.54, 1.807) is 25.2 Å². The van der Waals surface area contributed by atoms with E-state index in [2.05, 4.69) is 16.0 Å². The fraction of sp³-hybridized carbons (Fsp3) is 0.235. The van der Waals surface area contributed by atoms with Crippen LogP contribution in [0.3, 0.4) is 0 Å². The van der Waals surface area contributed by atoms with Gasteiger partial charge in [0.25, 0.3) is 11.6 Å². The van der Waals surface area contributed by atoms with Crippen LogP contribution in [0.1, 0.15) is 21.5 Å². The third kappa shape index (κ3) is 3.01. The molecule has 1 heterocycles. The Morgan fingerprint density at radius 2 is 2.00 bits per heavy atom. The molecule has 1 aliphatic rings. The smallest absolute Gasteiger partial charge is 0.292 e. The molecule has 0 aliphatic carbocycles. The lowest BCUT2D eigenvalue weighted by Gasteiger charge is -2.12. The first kappa shape index (κ1) is 15.8. The summed E-state index contributed by atoms with van der Waals surface area (Å²) in [4.78, 5) is 22.5. The molecule has 0 radical (unpaired) electrons. The minimum absolute atomic E-state index is 0.0828. The second-order valence-electron chi connectivity index (χ2n) is 5.55. The Balaban J connectivity index is 1.81. The second kappa shape index (κ2) is 6.57. The standard InChI is InChI=1S/C17H18N4O3/c1-18-17(22)12-4-2-11(3-5-12)10-20-16-13-8-9-19-14(13)6-7-15(16)21(23)24/h2-7,19-20H,8-10H2,1H3,(H,18,22). The molecule has 24 heavy (non-hydrogen) atoms. The van der Waals surface area contributed by atoms with Crippen molar-refractivity contribution in [3.05, 3.63) is 63.2 Å². The van der Waals surface area contributed by atoms with Gasteiger partial charge in [0.2, 0.25) is 0 Å². The van der Waals surface area contributed by atoms with Crippen LogP contribution >= 0.6 is 0 Å². The van der Waals surface area contributed by atoms with Crippen LogP contribution in [0.4, 0.5) is 17.1 Å². The van der Waals surface area contributed by atoms with Crippen molar-refractivity contribution in [3.8, 4) is 0 Å². The third-order valence-electron chi connectivity index (χ3n) is 4.09. The van der Waals surface area contributed by atoms with Crippen molar-refractivity contribution in [1.29, 1.82) is 0 Å². The average Bonchev–Trinajstić information content (AvgIpc) is 3.08. The van der Waals surface area contributed by atoms with Crippen LogP contribution in [0.15, 0.2) is 36.4 Å². The molecule has 0 aromatic heterocycles. The molecule has 2 aromatic rings. The molecule has 124 valence electrons. The first-order chi connectivity index (χ1) is 11.6. The van der Waals surface area contributed by atoms with E-state index in [9.17, 15) is 14.9 Å². The maximum atomic E-state index is 11.5. The number of nitro benzene ring substituents is 1. The van der Waals surface area contributed by atoms with E-state index in [-0.39, 0.29) is 16.5 Å². The fourth-order valence-corrected chi connectivity index (χ4v) is 2.84. The van der Waals surface area contributed by atoms with Gasteiger partial charge in [-0.05, 0) is 30.2 Å². The molecule has 7 nitrogen and oxygen atoms in total. The van der Waals surface area contributed by atoms with E-state index in [0.29, 0.717) is 17.8 Å². The fourth-order valence-electron chi connectivity index (χ4n) is 2.84. The summed E-state index contributed by atoms with van der Waals surface area (Å²) in [6.45, 7) is 1.23. The second-order valence-corrected chi connectivity index (χ2v) is 5.55. The number of benzene rings is 2. The molecule has 3 N–H and O–H groups in total. The molecule has 0 fully saturated rings. The van der Waals surface area contributed by atoms with Gasteiger partial charge < -0.3 is 16.0 Å². The van der Waals surface area contributed by atoms with Crippen LogP contribution < -0.4 is 16.0 Å². The topological polar surface area (TPSA) is 96.3 Å². The average molecular weight is 326 g/mol. The van der Waals surface area contributed by atoms with Crippen molar-refractivity contribution < 1.29 is 9.72 Å².